The van der Waals surface area contributed by atoms with Gasteiger partial charge in [0.25, 0.3) is 0 Å². The molecule has 5 nitrogen and oxygen atoms in total. The Labute approximate surface area is 145 Å². The standard InChI is InChI=1S/C14H13ClF3N3O2S/c1-8-7-22-5-4-21(8)11-6-10(23-24-14(16,17)18)9-2-3-19-13(15)12(9)20-11/h2-3,6,8H,4-5,7H2,1H3. The number of hydrogen-bond donors (Lipinski definition) is 0. The summed E-state index contributed by atoms with van der Waals surface area (Å²) in [6.07, 6.45) is 1.40. The lowest BCUT2D eigenvalue weighted by Gasteiger charge is -2.34. The fraction of sp³-hybridized carbons (Fsp3) is 0.429. The maximum Gasteiger partial charge on any atom is 0.479 e. The van der Waals surface area contributed by atoms with Gasteiger partial charge >= 0.3 is 5.51 Å². The highest BCUT2D eigenvalue weighted by atomic mass is 35.5. The number of morpholine rings is 1. The summed E-state index contributed by atoms with van der Waals surface area (Å²) in [4.78, 5) is 10.3. The van der Waals surface area contributed by atoms with Gasteiger partial charge in [0.2, 0.25) is 0 Å². The summed E-state index contributed by atoms with van der Waals surface area (Å²) in [6.45, 7) is 3.54. The molecule has 1 aliphatic rings. The van der Waals surface area contributed by atoms with Gasteiger partial charge in [0.05, 0.1) is 19.3 Å². The van der Waals surface area contributed by atoms with E-state index in [1.807, 2.05) is 11.8 Å². The molecular formula is C14H13ClF3N3O2S. The van der Waals surface area contributed by atoms with E-state index >= 15 is 0 Å². The quantitative estimate of drug-likeness (QED) is 0.592. The average molecular weight is 380 g/mol. The molecule has 0 N–H and O–H groups in total. The molecule has 24 heavy (non-hydrogen) atoms. The molecule has 10 heteroatoms. The number of pyridine rings is 2. The second kappa shape index (κ2) is 6.81. The second-order valence-electron chi connectivity index (χ2n) is 5.21. The molecule has 3 rings (SSSR count). The van der Waals surface area contributed by atoms with Crippen LogP contribution < -0.4 is 9.08 Å². The molecule has 0 aliphatic carbocycles. The van der Waals surface area contributed by atoms with Gasteiger partial charge in [-0.15, -0.1) is 0 Å². The van der Waals surface area contributed by atoms with E-state index in [-0.39, 0.29) is 16.9 Å². The molecule has 0 radical (unpaired) electrons. The highest BCUT2D eigenvalue weighted by Crippen LogP contribution is 2.38. The monoisotopic (exact) mass is 379 g/mol. The van der Waals surface area contributed by atoms with E-state index in [9.17, 15) is 13.2 Å². The van der Waals surface area contributed by atoms with Crippen molar-refractivity contribution in [3.05, 3.63) is 23.5 Å². The zero-order chi connectivity index (χ0) is 17.3. The lowest BCUT2D eigenvalue weighted by molar-refractivity contribution is -0.0369. The molecule has 1 unspecified atom stereocenters. The molecule has 1 aliphatic heterocycles. The first-order valence-corrected chi connectivity index (χ1v) is 8.19. The summed E-state index contributed by atoms with van der Waals surface area (Å²) in [5.41, 5.74) is -4.22. The molecule has 2 aromatic rings. The number of aromatic nitrogens is 2. The number of alkyl halides is 3. The summed E-state index contributed by atoms with van der Waals surface area (Å²) in [6, 6.07) is 3.04. The number of nitrogens with zero attached hydrogens (tertiary/aromatic N) is 3. The van der Waals surface area contributed by atoms with Crippen LogP contribution in [0.15, 0.2) is 18.3 Å². The number of anilines is 1. The summed E-state index contributed by atoms with van der Waals surface area (Å²) in [5.74, 6) is 0.520. The largest absolute Gasteiger partial charge is 0.479 e. The number of rotatable bonds is 3. The lowest BCUT2D eigenvalue weighted by Crippen LogP contribution is -2.44. The minimum absolute atomic E-state index is 0.0299. The molecule has 1 atom stereocenters. The van der Waals surface area contributed by atoms with Gasteiger partial charge in [-0.2, -0.15) is 13.2 Å². The van der Waals surface area contributed by atoms with E-state index < -0.39 is 17.6 Å². The van der Waals surface area contributed by atoms with Crippen LogP contribution in [0, 0.1) is 0 Å². The van der Waals surface area contributed by atoms with Crippen molar-refractivity contribution in [1.82, 2.24) is 9.97 Å². The van der Waals surface area contributed by atoms with E-state index in [0.717, 1.165) is 0 Å². The number of halogens is 4. The zero-order valence-corrected chi connectivity index (χ0v) is 14.1. The molecule has 0 amide bonds. The predicted molar refractivity (Wildman–Crippen MR) is 86.4 cm³/mol. The number of ether oxygens (including phenoxy) is 1. The Hall–Kier alpha value is -1.45. The van der Waals surface area contributed by atoms with Crippen molar-refractivity contribution in [2.24, 2.45) is 0 Å². The molecule has 0 spiro atoms. The Balaban J connectivity index is 2.05. The molecule has 130 valence electrons. The molecular weight excluding hydrogens is 367 g/mol. The van der Waals surface area contributed by atoms with Crippen LogP contribution in [-0.2, 0) is 4.74 Å². The normalized spacial score (nSPS) is 18.9. The first-order valence-electron chi connectivity index (χ1n) is 7.07. The molecule has 1 fully saturated rings. The molecule has 3 heterocycles. The molecule has 0 saturated carbocycles. The van der Waals surface area contributed by atoms with Crippen LogP contribution in [0.25, 0.3) is 10.9 Å². The second-order valence-corrected chi connectivity index (χ2v) is 6.36. The summed E-state index contributed by atoms with van der Waals surface area (Å²) < 4.78 is 47.8. The summed E-state index contributed by atoms with van der Waals surface area (Å²) in [7, 11) is 0. The van der Waals surface area contributed by atoms with Gasteiger partial charge in [-0.3, -0.25) is 0 Å². The topological polar surface area (TPSA) is 47.5 Å². The lowest BCUT2D eigenvalue weighted by atomic mass is 10.2. The highest BCUT2D eigenvalue weighted by Gasteiger charge is 2.32. The van der Waals surface area contributed by atoms with E-state index in [1.54, 1.807) is 0 Å². The fourth-order valence-corrected chi connectivity index (χ4v) is 2.97. The van der Waals surface area contributed by atoms with Gasteiger partial charge in [-0.05, 0) is 13.0 Å². The number of hydrogen-bond acceptors (Lipinski definition) is 6. The minimum atomic E-state index is -4.52. The van der Waals surface area contributed by atoms with Crippen LogP contribution in [0.3, 0.4) is 0 Å². The Kier molecular flexibility index (Phi) is 4.93. The van der Waals surface area contributed by atoms with Crippen molar-refractivity contribution in [3.8, 4) is 5.75 Å². The predicted octanol–water partition coefficient (Wildman–Crippen LogP) is 4.06. The van der Waals surface area contributed by atoms with E-state index in [4.69, 9.17) is 20.5 Å². The maximum atomic E-state index is 12.5. The molecule has 1 saturated heterocycles. The van der Waals surface area contributed by atoms with Gasteiger partial charge in [0.15, 0.2) is 22.9 Å². The third-order valence-electron chi connectivity index (χ3n) is 3.52. The van der Waals surface area contributed by atoms with Gasteiger partial charge in [-0.1, -0.05) is 11.6 Å². The third kappa shape index (κ3) is 3.79. The highest BCUT2D eigenvalue weighted by molar-refractivity contribution is 7.95. The van der Waals surface area contributed by atoms with Crippen LogP contribution in [0.5, 0.6) is 5.75 Å². The average Bonchev–Trinajstić information content (AvgIpc) is 2.53. The van der Waals surface area contributed by atoms with E-state index in [1.165, 1.54) is 18.3 Å². The Morgan fingerprint density at radius 1 is 1.46 bits per heavy atom. The third-order valence-corrected chi connectivity index (χ3v) is 4.25. The van der Waals surface area contributed by atoms with Crippen LogP contribution >= 0.6 is 23.6 Å². The zero-order valence-electron chi connectivity index (χ0n) is 12.5. The number of fused-ring (bicyclic) bond motifs is 1. The van der Waals surface area contributed by atoms with Crippen molar-refractivity contribution >= 4 is 40.4 Å². The van der Waals surface area contributed by atoms with Crippen LogP contribution in [-0.4, -0.2) is 41.3 Å². The van der Waals surface area contributed by atoms with Crippen molar-refractivity contribution in [2.45, 2.75) is 18.5 Å². The van der Waals surface area contributed by atoms with Crippen molar-refractivity contribution in [1.29, 1.82) is 0 Å². The molecule has 0 bridgehead atoms. The first kappa shape index (κ1) is 17.4. The van der Waals surface area contributed by atoms with Gasteiger partial charge in [0, 0.05) is 24.2 Å². The SMILES string of the molecule is CC1COCCN1c1cc(OSC(F)(F)F)c2ccnc(Cl)c2n1. The van der Waals surface area contributed by atoms with E-state index in [2.05, 4.69) is 9.97 Å². The Bertz CT molecular complexity index is 747. The smallest absolute Gasteiger partial charge is 0.416 e. The van der Waals surface area contributed by atoms with Gasteiger partial charge in [-0.25, -0.2) is 9.97 Å². The van der Waals surface area contributed by atoms with Gasteiger partial charge in [0.1, 0.15) is 11.3 Å². The van der Waals surface area contributed by atoms with Crippen molar-refractivity contribution < 1.29 is 22.1 Å². The Morgan fingerprint density at radius 3 is 2.96 bits per heavy atom. The van der Waals surface area contributed by atoms with Crippen LogP contribution in [0.4, 0.5) is 19.0 Å². The molecule has 0 aromatic carbocycles. The summed E-state index contributed by atoms with van der Waals surface area (Å²) in [5, 5.41) is 0.480. The fourth-order valence-electron chi connectivity index (χ4n) is 2.45. The van der Waals surface area contributed by atoms with E-state index in [0.29, 0.717) is 36.5 Å². The van der Waals surface area contributed by atoms with Crippen LogP contribution in [0.1, 0.15) is 6.92 Å². The molecule has 2 aromatic heterocycles. The van der Waals surface area contributed by atoms with Crippen molar-refractivity contribution in [3.63, 3.8) is 0 Å². The maximum absolute atomic E-state index is 12.5. The summed E-state index contributed by atoms with van der Waals surface area (Å²) >= 11 is 5.49. The van der Waals surface area contributed by atoms with Crippen LogP contribution in [0.2, 0.25) is 5.15 Å². The first-order chi connectivity index (χ1) is 11.3. The minimum Gasteiger partial charge on any atom is -0.416 e. The van der Waals surface area contributed by atoms with Crippen molar-refractivity contribution in [2.75, 3.05) is 24.7 Å². The Morgan fingerprint density at radius 2 is 2.25 bits per heavy atom. The van der Waals surface area contributed by atoms with Gasteiger partial charge < -0.3 is 13.8 Å².